The fourth-order valence-electron chi connectivity index (χ4n) is 3.44. The van der Waals surface area contributed by atoms with Crippen LogP contribution in [0, 0.1) is 0 Å². The normalized spacial score (nSPS) is 12.6. The van der Waals surface area contributed by atoms with E-state index in [2.05, 4.69) is 10.4 Å². The maximum atomic E-state index is 12.9. The van der Waals surface area contributed by atoms with Crippen molar-refractivity contribution in [2.75, 3.05) is 0 Å². The summed E-state index contributed by atoms with van der Waals surface area (Å²) in [6.45, 7) is 0. The molecule has 5 rings (SSSR count). The van der Waals surface area contributed by atoms with Gasteiger partial charge in [-0.25, -0.2) is 4.68 Å². The van der Waals surface area contributed by atoms with Crippen LogP contribution >= 0.6 is 0 Å². The molecular weight excluding hydrogens is 350 g/mol. The van der Waals surface area contributed by atoms with Gasteiger partial charge >= 0.3 is 0 Å². The van der Waals surface area contributed by atoms with Crippen molar-refractivity contribution < 1.29 is 9.53 Å². The van der Waals surface area contributed by atoms with E-state index in [4.69, 9.17) is 4.74 Å². The number of hydrogen-bond acceptors (Lipinski definition) is 3. The van der Waals surface area contributed by atoms with Crippen molar-refractivity contribution in [3.8, 4) is 17.2 Å². The predicted molar refractivity (Wildman–Crippen MR) is 106 cm³/mol. The number of hydrogen-bond donors (Lipinski definition) is 1. The van der Waals surface area contributed by atoms with Gasteiger partial charge in [0.1, 0.15) is 11.5 Å². The number of rotatable bonds is 3. The second-order valence-corrected chi connectivity index (χ2v) is 6.57. The Bertz CT molecular complexity index is 1110. The smallest absolute Gasteiger partial charge is 0.272 e. The Hall–Kier alpha value is -3.86. The van der Waals surface area contributed by atoms with Gasteiger partial charge in [-0.2, -0.15) is 5.10 Å². The number of para-hydroxylation sites is 3. The average molecular weight is 367 g/mol. The maximum absolute atomic E-state index is 12.9. The predicted octanol–water partition coefficient (Wildman–Crippen LogP) is 4.50. The second-order valence-electron chi connectivity index (χ2n) is 6.57. The minimum Gasteiger partial charge on any atom is -0.457 e. The summed E-state index contributed by atoms with van der Waals surface area (Å²) < 4.78 is 7.68. The van der Waals surface area contributed by atoms with Crippen LogP contribution in [0.1, 0.15) is 27.7 Å². The van der Waals surface area contributed by atoms with E-state index >= 15 is 0 Å². The van der Waals surface area contributed by atoms with Gasteiger partial charge in [-0.15, -0.1) is 0 Å². The summed E-state index contributed by atoms with van der Waals surface area (Å²) in [6, 6.07) is 26.6. The zero-order valence-corrected chi connectivity index (χ0v) is 14.9. The summed E-state index contributed by atoms with van der Waals surface area (Å²) in [5.74, 6) is 1.27. The Balaban J connectivity index is 1.47. The number of ether oxygens (including phenoxy) is 1. The Morgan fingerprint density at radius 3 is 2.11 bits per heavy atom. The van der Waals surface area contributed by atoms with E-state index in [1.807, 2.05) is 78.9 Å². The highest BCUT2D eigenvalue weighted by Gasteiger charge is 2.28. The topological polar surface area (TPSA) is 56.1 Å². The highest BCUT2D eigenvalue weighted by Crippen LogP contribution is 2.42. The fourth-order valence-corrected chi connectivity index (χ4v) is 3.44. The minimum absolute atomic E-state index is 0.230. The number of amides is 1. The lowest BCUT2D eigenvalue weighted by Gasteiger charge is -2.28. The molecule has 0 fully saturated rings. The lowest BCUT2D eigenvalue weighted by Crippen LogP contribution is -2.31. The van der Waals surface area contributed by atoms with Gasteiger partial charge in [-0.3, -0.25) is 4.79 Å². The third-order valence-corrected chi connectivity index (χ3v) is 4.80. The van der Waals surface area contributed by atoms with Gasteiger partial charge in [0, 0.05) is 17.3 Å². The van der Waals surface area contributed by atoms with Crippen molar-refractivity contribution in [2.45, 2.75) is 6.04 Å². The van der Waals surface area contributed by atoms with Gasteiger partial charge in [-0.05, 0) is 30.3 Å². The molecule has 3 aromatic carbocycles. The molecule has 136 valence electrons. The summed E-state index contributed by atoms with van der Waals surface area (Å²) in [6.07, 6.45) is 1.79. The molecule has 4 aromatic rings. The van der Waals surface area contributed by atoms with E-state index in [1.165, 1.54) is 0 Å². The summed E-state index contributed by atoms with van der Waals surface area (Å²) in [4.78, 5) is 12.9. The monoisotopic (exact) mass is 367 g/mol. The summed E-state index contributed by atoms with van der Waals surface area (Å²) in [7, 11) is 0. The molecule has 1 N–H and O–H groups in total. The van der Waals surface area contributed by atoms with Crippen LogP contribution in [0.4, 0.5) is 0 Å². The molecule has 0 saturated carbocycles. The molecule has 0 spiro atoms. The molecule has 5 nitrogen and oxygen atoms in total. The Morgan fingerprint density at radius 1 is 0.821 bits per heavy atom. The number of aromatic nitrogens is 2. The van der Waals surface area contributed by atoms with Crippen molar-refractivity contribution in [1.29, 1.82) is 0 Å². The molecule has 0 bridgehead atoms. The molecule has 28 heavy (non-hydrogen) atoms. The molecule has 5 heteroatoms. The molecule has 1 aromatic heterocycles. The van der Waals surface area contributed by atoms with Crippen molar-refractivity contribution in [1.82, 2.24) is 15.1 Å². The zero-order valence-electron chi connectivity index (χ0n) is 14.9. The SMILES string of the molecule is O=C(NC1c2ccccc2Oc2ccccc21)c1ccn(-c2ccccc2)n1. The van der Waals surface area contributed by atoms with Crippen LogP contribution in [0.25, 0.3) is 5.69 Å². The largest absolute Gasteiger partial charge is 0.457 e. The molecule has 2 heterocycles. The zero-order chi connectivity index (χ0) is 18.9. The number of fused-ring (bicyclic) bond motifs is 2. The van der Waals surface area contributed by atoms with Crippen LogP contribution in [0.15, 0.2) is 91.1 Å². The van der Waals surface area contributed by atoms with Crippen molar-refractivity contribution in [3.63, 3.8) is 0 Å². The third-order valence-electron chi connectivity index (χ3n) is 4.80. The van der Waals surface area contributed by atoms with E-state index in [0.717, 1.165) is 28.3 Å². The molecule has 1 aliphatic heterocycles. The summed E-state index contributed by atoms with van der Waals surface area (Å²) in [5, 5.41) is 7.55. The fraction of sp³-hybridized carbons (Fsp3) is 0.0435. The second kappa shape index (κ2) is 6.70. The number of benzene rings is 3. The van der Waals surface area contributed by atoms with Crippen LogP contribution in [-0.2, 0) is 0 Å². The molecule has 1 amide bonds. The Morgan fingerprint density at radius 2 is 1.43 bits per heavy atom. The van der Waals surface area contributed by atoms with Crippen LogP contribution in [0.3, 0.4) is 0 Å². The molecule has 0 atom stereocenters. The van der Waals surface area contributed by atoms with E-state index < -0.39 is 0 Å². The first-order chi connectivity index (χ1) is 13.8. The number of carbonyl (C=O) groups excluding carboxylic acids is 1. The van der Waals surface area contributed by atoms with Gasteiger partial charge in [0.05, 0.1) is 11.7 Å². The standard InChI is InChI=1S/C23H17N3O2/c27-23(19-14-15-26(25-19)16-8-2-1-3-9-16)24-22-17-10-4-6-12-20(17)28-21-13-7-5-11-18(21)22/h1-15,22H,(H,24,27). The van der Waals surface area contributed by atoms with Gasteiger partial charge < -0.3 is 10.1 Å². The molecule has 1 aliphatic rings. The molecule has 0 unspecified atom stereocenters. The number of carbonyl (C=O) groups is 1. The van der Waals surface area contributed by atoms with Crippen molar-refractivity contribution in [3.05, 3.63) is 108 Å². The highest BCUT2D eigenvalue weighted by molar-refractivity contribution is 5.93. The first kappa shape index (κ1) is 16.3. The first-order valence-electron chi connectivity index (χ1n) is 9.07. The first-order valence-corrected chi connectivity index (χ1v) is 9.07. The quantitative estimate of drug-likeness (QED) is 0.580. The Labute approximate surface area is 162 Å². The summed E-state index contributed by atoms with van der Waals surface area (Å²) in [5.41, 5.74) is 3.13. The number of nitrogens with one attached hydrogen (secondary N) is 1. The van der Waals surface area contributed by atoms with Gasteiger partial charge in [0.2, 0.25) is 0 Å². The maximum Gasteiger partial charge on any atom is 0.272 e. The lowest BCUT2D eigenvalue weighted by atomic mass is 9.94. The van der Waals surface area contributed by atoms with E-state index in [-0.39, 0.29) is 11.9 Å². The average Bonchev–Trinajstić information content (AvgIpc) is 3.25. The van der Waals surface area contributed by atoms with Gasteiger partial charge in [0.15, 0.2) is 5.69 Å². The molecular formula is C23H17N3O2. The van der Waals surface area contributed by atoms with Crippen LogP contribution in [0.2, 0.25) is 0 Å². The van der Waals surface area contributed by atoms with E-state index in [9.17, 15) is 4.79 Å². The Kier molecular flexibility index (Phi) is 3.91. The van der Waals surface area contributed by atoms with Crippen LogP contribution in [0.5, 0.6) is 11.5 Å². The molecule has 0 saturated heterocycles. The highest BCUT2D eigenvalue weighted by atomic mass is 16.5. The van der Waals surface area contributed by atoms with Gasteiger partial charge in [0.25, 0.3) is 5.91 Å². The minimum atomic E-state index is -0.296. The van der Waals surface area contributed by atoms with E-state index in [1.54, 1.807) is 16.9 Å². The number of nitrogens with zero attached hydrogens (tertiary/aromatic N) is 2. The van der Waals surface area contributed by atoms with Crippen LogP contribution in [-0.4, -0.2) is 15.7 Å². The van der Waals surface area contributed by atoms with E-state index in [0.29, 0.717) is 5.69 Å². The lowest BCUT2D eigenvalue weighted by molar-refractivity contribution is 0.0936. The summed E-state index contributed by atoms with van der Waals surface area (Å²) >= 11 is 0. The van der Waals surface area contributed by atoms with Crippen LogP contribution < -0.4 is 10.1 Å². The van der Waals surface area contributed by atoms with Gasteiger partial charge in [-0.1, -0.05) is 54.6 Å². The van der Waals surface area contributed by atoms with Crippen molar-refractivity contribution in [2.24, 2.45) is 0 Å². The molecule has 0 radical (unpaired) electrons. The molecule has 0 aliphatic carbocycles. The van der Waals surface area contributed by atoms with Crippen molar-refractivity contribution >= 4 is 5.91 Å². The third kappa shape index (κ3) is 2.83.